The van der Waals surface area contributed by atoms with E-state index < -0.39 is 5.91 Å². The SMILES string of the molecule is NC(=O)c1cnc(-c2ccnc(NC(=O)C3CC3)c2)s1. The first-order valence-corrected chi connectivity index (χ1v) is 6.98. The molecule has 0 radical (unpaired) electrons. The van der Waals surface area contributed by atoms with Crippen molar-refractivity contribution < 1.29 is 9.59 Å². The summed E-state index contributed by atoms with van der Waals surface area (Å²) in [6.45, 7) is 0. The van der Waals surface area contributed by atoms with Gasteiger partial charge >= 0.3 is 0 Å². The summed E-state index contributed by atoms with van der Waals surface area (Å²) in [5.41, 5.74) is 6.00. The van der Waals surface area contributed by atoms with Crippen molar-refractivity contribution in [2.24, 2.45) is 11.7 Å². The first kappa shape index (κ1) is 12.7. The van der Waals surface area contributed by atoms with Gasteiger partial charge in [-0.3, -0.25) is 9.59 Å². The van der Waals surface area contributed by atoms with Crippen LogP contribution in [0, 0.1) is 5.92 Å². The molecule has 1 aliphatic rings. The molecule has 3 rings (SSSR count). The molecule has 3 N–H and O–H groups in total. The van der Waals surface area contributed by atoms with Crippen molar-refractivity contribution in [3.63, 3.8) is 0 Å². The zero-order valence-corrected chi connectivity index (χ0v) is 11.3. The van der Waals surface area contributed by atoms with Gasteiger partial charge in [-0.25, -0.2) is 9.97 Å². The van der Waals surface area contributed by atoms with Crippen molar-refractivity contribution in [2.45, 2.75) is 12.8 Å². The maximum atomic E-state index is 11.7. The van der Waals surface area contributed by atoms with E-state index in [9.17, 15) is 9.59 Å². The summed E-state index contributed by atoms with van der Waals surface area (Å²) >= 11 is 1.21. The summed E-state index contributed by atoms with van der Waals surface area (Å²) < 4.78 is 0. The number of pyridine rings is 1. The van der Waals surface area contributed by atoms with Crippen LogP contribution in [-0.2, 0) is 4.79 Å². The lowest BCUT2D eigenvalue weighted by molar-refractivity contribution is -0.117. The number of hydrogen-bond acceptors (Lipinski definition) is 5. The van der Waals surface area contributed by atoms with E-state index in [1.807, 2.05) is 0 Å². The van der Waals surface area contributed by atoms with Crippen LogP contribution in [0.25, 0.3) is 10.6 Å². The molecular formula is C13H12N4O2S. The largest absolute Gasteiger partial charge is 0.365 e. The number of carbonyl (C=O) groups excluding carboxylic acids is 2. The van der Waals surface area contributed by atoms with Gasteiger partial charge in [-0.05, 0) is 25.0 Å². The fourth-order valence-electron chi connectivity index (χ4n) is 1.73. The average molecular weight is 288 g/mol. The van der Waals surface area contributed by atoms with Gasteiger partial charge in [0.1, 0.15) is 15.7 Å². The quantitative estimate of drug-likeness (QED) is 0.893. The van der Waals surface area contributed by atoms with Crippen LogP contribution in [0.15, 0.2) is 24.5 Å². The molecule has 6 nitrogen and oxygen atoms in total. The fourth-order valence-corrected chi connectivity index (χ4v) is 2.49. The van der Waals surface area contributed by atoms with Crippen molar-refractivity contribution in [1.82, 2.24) is 9.97 Å². The van der Waals surface area contributed by atoms with Crippen LogP contribution in [0.5, 0.6) is 0 Å². The van der Waals surface area contributed by atoms with Crippen LogP contribution in [0.1, 0.15) is 22.5 Å². The van der Waals surface area contributed by atoms with Crippen LogP contribution < -0.4 is 11.1 Å². The summed E-state index contributed by atoms with van der Waals surface area (Å²) in [6.07, 6.45) is 4.94. The third-order valence-electron chi connectivity index (χ3n) is 2.95. The molecule has 0 saturated heterocycles. The third-order valence-corrected chi connectivity index (χ3v) is 4.02. The zero-order valence-electron chi connectivity index (χ0n) is 10.5. The van der Waals surface area contributed by atoms with Gasteiger partial charge in [0.2, 0.25) is 5.91 Å². The van der Waals surface area contributed by atoms with Crippen molar-refractivity contribution in [2.75, 3.05) is 5.32 Å². The van der Waals surface area contributed by atoms with E-state index in [4.69, 9.17) is 5.73 Å². The van der Waals surface area contributed by atoms with Gasteiger partial charge in [0.25, 0.3) is 5.91 Å². The van der Waals surface area contributed by atoms with Gasteiger partial charge in [0.15, 0.2) is 0 Å². The number of rotatable bonds is 4. The Bertz CT molecular complexity index is 679. The second-order valence-corrected chi connectivity index (χ2v) is 5.62. The van der Waals surface area contributed by atoms with Crippen molar-refractivity contribution in [1.29, 1.82) is 0 Å². The first-order valence-electron chi connectivity index (χ1n) is 6.16. The molecule has 102 valence electrons. The molecule has 0 spiro atoms. The molecule has 1 fully saturated rings. The van der Waals surface area contributed by atoms with Gasteiger partial charge in [-0.1, -0.05) is 0 Å². The Morgan fingerprint density at radius 1 is 1.35 bits per heavy atom. The lowest BCUT2D eigenvalue weighted by Crippen LogP contribution is -2.14. The molecule has 0 bridgehead atoms. The van der Waals surface area contributed by atoms with Crippen LogP contribution >= 0.6 is 11.3 Å². The number of nitrogens with zero attached hydrogens (tertiary/aromatic N) is 2. The molecule has 0 unspecified atom stereocenters. The Kier molecular flexibility index (Phi) is 3.19. The highest BCUT2D eigenvalue weighted by molar-refractivity contribution is 7.16. The summed E-state index contributed by atoms with van der Waals surface area (Å²) in [5.74, 6) is 0.133. The number of nitrogens with one attached hydrogen (secondary N) is 1. The number of nitrogens with two attached hydrogens (primary N) is 1. The van der Waals surface area contributed by atoms with Crippen molar-refractivity contribution in [3.05, 3.63) is 29.4 Å². The monoisotopic (exact) mass is 288 g/mol. The minimum atomic E-state index is -0.495. The molecule has 1 saturated carbocycles. The molecule has 2 amide bonds. The summed E-state index contributed by atoms with van der Waals surface area (Å²) in [5, 5.41) is 3.45. The molecule has 2 aromatic heterocycles. The van der Waals surface area contributed by atoms with Crippen LogP contribution in [0.2, 0.25) is 0 Å². The number of anilines is 1. The smallest absolute Gasteiger partial charge is 0.260 e. The first-order chi connectivity index (χ1) is 9.63. The van der Waals surface area contributed by atoms with E-state index in [0.29, 0.717) is 15.7 Å². The molecule has 0 aliphatic heterocycles. The predicted octanol–water partition coefficient (Wildman–Crippen LogP) is 1.65. The molecule has 2 aromatic rings. The highest BCUT2D eigenvalue weighted by atomic mass is 32.1. The van der Waals surface area contributed by atoms with Crippen LogP contribution in [0.4, 0.5) is 5.82 Å². The number of amides is 2. The van der Waals surface area contributed by atoms with Gasteiger partial charge in [-0.2, -0.15) is 0 Å². The molecule has 0 aromatic carbocycles. The fraction of sp³-hybridized carbons (Fsp3) is 0.231. The van der Waals surface area contributed by atoms with Gasteiger partial charge in [-0.15, -0.1) is 11.3 Å². The van der Waals surface area contributed by atoms with Crippen LogP contribution in [-0.4, -0.2) is 21.8 Å². The minimum absolute atomic E-state index is 0.00612. The number of aromatic nitrogens is 2. The lowest BCUT2D eigenvalue weighted by atomic mass is 10.2. The molecule has 7 heteroatoms. The molecule has 0 atom stereocenters. The van der Waals surface area contributed by atoms with Gasteiger partial charge in [0.05, 0.1) is 6.20 Å². The summed E-state index contributed by atoms with van der Waals surface area (Å²) in [7, 11) is 0. The number of hydrogen-bond donors (Lipinski definition) is 2. The second kappa shape index (κ2) is 5.01. The lowest BCUT2D eigenvalue weighted by Gasteiger charge is -2.04. The van der Waals surface area contributed by atoms with E-state index >= 15 is 0 Å². The third kappa shape index (κ3) is 2.67. The van der Waals surface area contributed by atoms with Crippen molar-refractivity contribution >= 4 is 29.0 Å². The Morgan fingerprint density at radius 2 is 2.15 bits per heavy atom. The average Bonchev–Trinajstić information content (AvgIpc) is 3.16. The zero-order chi connectivity index (χ0) is 14.1. The van der Waals surface area contributed by atoms with Gasteiger partial charge < -0.3 is 11.1 Å². The maximum absolute atomic E-state index is 11.7. The van der Waals surface area contributed by atoms with E-state index in [2.05, 4.69) is 15.3 Å². The summed E-state index contributed by atoms with van der Waals surface area (Å²) in [6, 6.07) is 3.51. The Hall–Kier alpha value is -2.28. The molecular weight excluding hydrogens is 276 g/mol. The maximum Gasteiger partial charge on any atom is 0.260 e. The summed E-state index contributed by atoms with van der Waals surface area (Å²) in [4.78, 5) is 31.4. The molecule has 20 heavy (non-hydrogen) atoms. The number of primary amides is 1. The van der Waals surface area contributed by atoms with Crippen molar-refractivity contribution in [3.8, 4) is 10.6 Å². The van der Waals surface area contributed by atoms with E-state index in [-0.39, 0.29) is 11.8 Å². The normalized spacial score (nSPS) is 14.0. The van der Waals surface area contributed by atoms with Gasteiger partial charge in [0, 0.05) is 17.7 Å². The van der Waals surface area contributed by atoms with Crippen LogP contribution in [0.3, 0.4) is 0 Å². The highest BCUT2D eigenvalue weighted by Gasteiger charge is 2.29. The molecule has 1 aliphatic carbocycles. The Balaban J connectivity index is 1.82. The second-order valence-electron chi connectivity index (χ2n) is 4.59. The highest BCUT2D eigenvalue weighted by Crippen LogP contribution is 2.31. The van der Waals surface area contributed by atoms with E-state index in [1.165, 1.54) is 17.5 Å². The Morgan fingerprint density at radius 3 is 2.80 bits per heavy atom. The molecule has 2 heterocycles. The van der Waals surface area contributed by atoms with E-state index in [0.717, 1.165) is 18.4 Å². The predicted molar refractivity (Wildman–Crippen MR) is 75.2 cm³/mol. The number of carbonyl (C=O) groups is 2. The topological polar surface area (TPSA) is 98.0 Å². The minimum Gasteiger partial charge on any atom is -0.365 e. The Labute approximate surface area is 119 Å². The standard InChI is InChI=1S/C13H12N4O2S/c14-11(18)9-6-16-13(20-9)8-3-4-15-10(5-8)17-12(19)7-1-2-7/h3-7H,1-2H2,(H2,14,18)(H,15,17,19). The van der Waals surface area contributed by atoms with E-state index in [1.54, 1.807) is 18.3 Å². The number of thiazole rings is 1.